The first kappa shape index (κ1) is 13.0. The van der Waals surface area contributed by atoms with Gasteiger partial charge in [-0.05, 0) is 18.4 Å². The van der Waals surface area contributed by atoms with E-state index < -0.39 is 0 Å². The molecule has 2 nitrogen and oxygen atoms in total. The summed E-state index contributed by atoms with van der Waals surface area (Å²) in [7, 11) is 0. The average molecular weight is 244 g/mol. The van der Waals surface area contributed by atoms with Gasteiger partial charge >= 0.3 is 0 Å². The van der Waals surface area contributed by atoms with Crippen molar-refractivity contribution in [2.24, 2.45) is 11.3 Å². The zero-order chi connectivity index (χ0) is 13.3. The van der Waals surface area contributed by atoms with Gasteiger partial charge in [-0.15, -0.1) is 0 Å². The second kappa shape index (κ2) is 4.68. The van der Waals surface area contributed by atoms with Crippen LogP contribution >= 0.6 is 0 Å². The molecule has 0 aliphatic heterocycles. The van der Waals surface area contributed by atoms with Crippen LogP contribution in [0.5, 0.6) is 0 Å². The number of aryl methyl sites for hydroxylation is 1. The summed E-state index contributed by atoms with van der Waals surface area (Å²) in [6.07, 6.45) is 2.10. The molecule has 0 saturated heterocycles. The maximum absolute atomic E-state index is 12.3. The van der Waals surface area contributed by atoms with E-state index in [9.17, 15) is 9.59 Å². The Labute approximate surface area is 108 Å². The Morgan fingerprint density at radius 1 is 1.28 bits per heavy atom. The summed E-state index contributed by atoms with van der Waals surface area (Å²) in [6.45, 7) is 5.74. The largest absolute Gasteiger partial charge is 0.299 e. The van der Waals surface area contributed by atoms with Gasteiger partial charge in [-0.25, -0.2) is 0 Å². The fraction of sp³-hybridized carbons (Fsp3) is 0.500. The fourth-order valence-electron chi connectivity index (χ4n) is 2.38. The molecule has 1 aromatic rings. The molecule has 0 fully saturated rings. The molecule has 1 atom stereocenters. The van der Waals surface area contributed by atoms with E-state index in [1.165, 1.54) is 0 Å². The number of hydrogen-bond acceptors (Lipinski definition) is 2. The minimum absolute atomic E-state index is 0.119. The lowest BCUT2D eigenvalue weighted by molar-refractivity contribution is -0.127. The van der Waals surface area contributed by atoms with Crippen molar-refractivity contribution < 1.29 is 9.59 Å². The van der Waals surface area contributed by atoms with Crippen molar-refractivity contribution >= 4 is 11.6 Å². The van der Waals surface area contributed by atoms with E-state index in [1.807, 2.05) is 45.0 Å². The molecular formula is C16H20O2. The predicted molar refractivity (Wildman–Crippen MR) is 71.7 cm³/mol. The molecule has 18 heavy (non-hydrogen) atoms. The summed E-state index contributed by atoms with van der Waals surface area (Å²) in [5.74, 6) is 0.210. The van der Waals surface area contributed by atoms with Crippen molar-refractivity contribution in [3.63, 3.8) is 0 Å². The second-order valence-electron chi connectivity index (χ2n) is 6.13. The molecule has 1 aliphatic rings. The van der Waals surface area contributed by atoms with Crippen molar-refractivity contribution in [2.45, 2.75) is 40.0 Å². The second-order valence-corrected chi connectivity index (χ2v) is 6.13. The van der Waals surface area contributed by atoms with E-state index in [4.69, 9.17) is 0 Å². The Hall–Kier alpha value is -1.44. The van der Waals surface area contributed by atoms with E-state index >= 15 is 0 Å². The summed E-state index contributed by atoms with van der Waals surface area (Å²) in [6, 6.07) is 7.75. The summed E-state index contributed by atoms with van der Waals surface area (Å²) in [4.78, 5) is 24.4. The number of ketones is 2. The van der Waals surface area contributed by atoms with Gasteiger partial charge in [0.05, 0.1) is 0 Å². The van der Waals surface area contributed by atoms with Gasteiger partial charge < -0.3 is 0 Å². The molecule has 0 radical (unpaired) electrons. The molecule has 1 aliphatic carbocycles. The van der Waals surface area contributed by atoms with Crippen molar-refractivity contribution in [3.8, 4) is 0 Å². The van der Waals surface area contributed by atoms with Gasteiger partial charge in [-0.3, -0.25) is 9.59 Å². The monoisotopic (exact) mass is 244 g/mol. The Bertz CT molecular complexity index is 480. The topological polar surface area (TPSA) is 34.1 Å². The first-order chi connectivity index (χ1) is 8.39. The highest BCUT2D eigenvalue weighted by Crippen LogP contribution is 2.30. The minimum Gasteiger partial charge on any atom is -0.299 e. The lowest BCUT2D eigenvalue weighted by Gasteiger charge is -2.25. The third kappa shape index (κ3) is 2.53. The number of carbonyl (C=O) groups is 2. The van der Waals surface area contributed by atoms with Gasteiger partial charge in [0.1, 0.15) is 5.78 Å². The van der Waals surface area contributed by atoms with Crippen LogP contribution < -0.4 is 0 Å². The van der Waals surface area contributed by atoms with Gasteiger partial charge in [-0.1, -0.05) is 45.0 Å². The molecule has 2 rings (SSSR count). The molecule has 0 heterocycles. The van der Waals surface area contributed by atoms with E-state index in [1.54, 1.807) is 0 Å². The smallest absolute Gasteiger partial charge is 0.166 e. The molecule has 1 unspecified atom stereocenters. The molecule has 0 N–H and O–H groups in total. The normalized spacial score (nSPS) is 19.5. The highest BCUT2D eigenvalue weighted by atomic mass is 16.1. The molecule has 96 valence electrons. The molecule has 2 heteroatoms. The van der Waals surface area contributed by atoms with Crippen LogP contribution in [0.4, 0.5) is 0 Å². The quantitative estimate of drug-likeness (QED) is 0.798. The average Bonchev–Trinajstić information content (AvgIpc) is 2.32. The van der Waals surface area contributed by atoms with Crippen molar-refractivity contribution in [1.82, 2.24) is 0 Å². The minimum atomic E-state index is -0.350. The Morgan fingerprint density at radius 2 is 1.94 bits per heavy atom. The number of fused-ring (bicyclic) bond motifs is 1. The number of rotatable bonds is 2. The third-order valence-electron chi connectivity index (χ3n) is 3.68. The molecule has 0 spiro atoms. The van der Waals surface area contributed by atoms with Crippen LogP contribution in [0, 0.1) is 11.3 Å². The van der Waals surface area contributed by atoms with Crippen LogP contribution in [0.15, 0.2) is 24.3 Å². The Morgan fingerprint density at radius 3 is 2.61 bits per heavy atom. The molecule has 0 saturated carbocycles. The zero-order valence-corrected chi connectivity index (χ0v) is 11.3. The van der Waals surface area contributed by atoms with E-state index in [-0.39, 0.29) is 22.9 Å². The Kier molecular flexibility index (Phi) is 3.38. The highest BCUT2D eigenvalue weighted by Gasteiger charge is 2.32. The fourth-order valence-corrected chi connectivity index (χ4v) is 2.38. The highest BCUT2D eigenvalue weighted by molar-refractivity contribution is 6.02. The molecule has 1 aromatic carbocycles. The van der Waals surface area contributed by atoms with Gasteiger partial charge in [0.25, 0.3) is 0 Å². The maximum atomic E-state index is 12.3. The van der Waals surface area contributed by atoms with E-state index in [2.05, 4.69) is 0 Å². The molecule has 0 bridgehead atoms. The SMILES string of the molecule is CC(C)(C)C(=O)CC1CCc2ccccc2C1=O. The van der Waals surface area contributed by atoms with E-state index in [0.29, 0.717) is 6.42 Å². The number of carbonyl (C=O) groups excluding carboxylic acids is 2. The maximum Gasteiger partial charge on any atom is 0.166 e. The standard InChI is InChI=1S/C16H20O2/c1-16(2,3)14(17)10-12-9-8-11-6-4-5-7-13(11)15(12)18/h4-7,12H,8-10H2,1-3H3. The number of benzene rings is 1. The van der Waals surface area contributed by atoms with Crippen LogP contribution in [-0.4, -0.2) is 11.6 Å². The first-order valence-electron chi connectivity index (χ1n) is 6.55. The summed E-state index contributed by atoms with van der Waals surface area (Å²) in [5.41, 5.74) is 1.59. The zero-order valence-electron chi connectivity index (χ0n) is 11.3. The van der Waals surface area contributed by atoms with Crippen LogP contribution in [0.25, 0.3) is 0 Å². The molecule has 0 aromatic heterocycles. The van der Waals surface area contributed by atoms with Gasteiger partial charge in [0.2, 0.25) is 0 Å². The summed E-state index contributed by atoms with van der Waals surface area (Å²) < 4.78 is 0. The van der Waals surface area contributed by atoms with Gasteiger partial charge in [0, 0.05) is 23.3 Å². The first-order valence-corrected chi connectivity index (χ1v) is 6.55. The summed E-state index contributed by atoms with van der Waals surface area (Å²) in [5, 5.41) is 0. The van der Waals surface area contributed by atoms with Crippen molar-refractivity contribution in [3.05, 3.63) is 35.4 Å². The summed E-state index contributed by atoms with van der Waals surface area (Å²) >= 11 is 0. The van der Waals surface area contributed by atoms with Crippen LogP contribution in [-0.2, 0) is 11.2 Å². The number of hydrogen-bond donors (Lipinski definition) is 0. The molecule has 0 amide bonds. The Balaban J connectivity index is 2.15. The van der Waals surface area contributed by atoms with Crippen molar-refractivity contribution in [1.29, 1.82) is 0 Å². The third-order valence-corrected chi connectivity index (χ3v) is 3.68. The van der Waals surface area contributed by atoms with Crippen molar-refractivity contribution in [2.75, 3.05) is 0 Å². The lowest BCUT2D eigenvalue weighted by Crippen LogP contribution is -2.29. The van der Waals surface area contributed by atoms with Crippen LogP contribution in [0.2, 0.25) is 0 Å². The van der Waals surface area contributed by atoms with Gasteiger partial charge in [0.15, 0.2) is 5.78 Å². The van der Waals surface area contributed by atoms with Crippen LogP contribution in [0.1, 0.15) is 49.5 Å². The number of Topliss-reactive ketones (excluding diaryl/α,β-unsaturated/α-hetero) is 2. The lowest BCUT2D eigenvalue weighted by atomic mass is 9.77. The van der Waals surface area contributed by atoms with Gasteiger partial charge in [-0.2, -0.15) is 0 Å². The van der Waals surface area contributed by atoms with Crippen LogP contribution in [0.3, 0.4) is 0 Å². The van der Waals surface area contributed by atoms with E-state index in [0.717, 1.165) is 24.0 Å². The molecular weight excluding hydrogens is 224 g/mol. The predicted octanol–water partition coefficient (Wildman–Crippen LogP) is 3.44.